The lowest BCUT2D eigenvalue weighted by atomic mass is 9.81. The highest BCUT2D eigenvalue weighted by Gasteiger charge is 2.43. The maximum atomic E-state index is 12.9. The molecule has 1 saturated carbocycles. The van der Waals surface area contributed by atoms with Crippen LogP contribution < -0.4 is 11.5 Å². The summed E-state index contributed by atoms with van der Waals surface area (Å²) < 4.78 is 0. The summed E-state index contributed by atoms with van der Waals surface area (Å²) in [6.45, 7) is 2.11. The fourth-order valence-corrected chi connectivity index (χ4v) is 4.07. The third-order valence-electron chi connectivity index (χ3n) is 5.43. The maximum absolute atomic E-state index is 12.9. The summed E-state index contributed by atoms with van der Waals surface area (Å²) >= 11 is 0. The number of nitrogens with zero attached hydrogens (tertiary/aromatic N) is 1. The Morgan fingerprint density at radius 2 is 1.82 bits per heavy atom. The second kappa shape index (κ2) is 6.39. The van der Waals surface area contributed by atoms with E-state index in [2.05, 4.69) is 24.3 Å². The van der Waals surface area contributed by atoms with E-state index in [-0.39, 0.29) is 5.91 Å². The smallest absolute Gasteiger partial charge is 0.242 e. The van der Waals surface area contributed by atoms with E-state index >= 15 is 0 Å². The second-order valence-corrected chi connectivity index (χ2v) is 6.94. The number of carbonyl (C=O) groups is 1. The van der Waals surface area contributed by atoms with Crippen molar-refractivity contribution in [3.05, 3.63) is 35.9 Å². The Morgan fingerprint density at radius 3 is 2.45 bits per heavy atom. The molecule has 1 aliphatic heterocycles. The molecule has 4 heteroatoms. The van der Waals surface area contributed by atoms with Gasteiger partial charge in [0.05, 0.1) is 5.54 Å². The number of hydrogen-bond acceptors (Lipinski definition) is 3. The summed E-state index contributed by atoms with van der Waals surface area (Å²) in [6.07, 6.45) is 4.98. The van der Waals surface area contributed by atoms with Crippen molar-refractivity contribution in [2.24, 2.45) is 17.4 Å². The van der Waals surface area contributed by atoms with Crippen molar-refractivity contribution in [2.45, 2.75) is 43.6 Å². The zero-order chi connectivity index (χ0) is 15.6. The molecule has 0 spiro atoms. The first-order chi connectivity index (χ1) is 10.6. The molecule has 0 unspecified atom stereocenters. The van der Waals surface area contributed by atoms with Crippen LogP contribution in [0.25, 0.3) is 0 Å². The summed E-state index contributed by atoms with van der Waals surface area (Å²) in [5.41, 5.74) is 13.0. The molecular weight excluding hydrogens is 274 g/mol. The standard InChI is InChI=1S/C18H27N3O/c19-11-15-12-21(13-16(15)14-7-3-1-4-8-14)17(22)18(20)9-5-2-6-10-18/h1,3-4,7-8,15-16H,2,5-6,9-13,19-20H2/t15-,16+/m1/s1. The molecule has 1 aromatic rings. The summed E-state index contributed by atoms with van der Waals surface area (Å²) in [5, 5.41) is 0. The first-order valence-corrected chi connectivity index (χ1v) is 8.47. The van der Waals surface area contributed by atoms with E-state index in [1.54, 1.807) is 0 Å². The van der Waals surface area contributed by atoms with Crippen molar-refractivity contribution in [1.29, 1.82) is 0 Å². The molecule has 1 aromatic carbocycles. The first-order valence-electron chi connectivity index (χ1n) is 8.47. The molecule has 0 aromatic heterocycles. The zero-order valence-corrected chi connectivity index (χ0v) is 13.2. The Balaban J connectivity index is 1.75. The first kappa shape index (κ1) is 15.5. The van der Waals surface area contributed by atoms with Crippen molar-refractivity contribution in [1.82, 2.24) is 4.90 Å². The van der Waals surface area contributed by atoms with Gasteiger partial charge in [-0.1, -0.05) is 49.6 Å². The van der Waals surface area contributed by atoms with Crippen LogP contribution in [-0.2, 0) is 4.79 Å². The van der Waals surface area contributed by atoms with Gasteiger partial charge in [0, 0.05) is 19.0 Å². The molecule has 0 radical (unpaired) electrons. The highest BCUT2D eigenvalue weighted by atomic mass is 16.2. The number of nitrogens with two attached hydrogens (primary N) is 2. The number of carbonyl (C=O) groups excluding carboxylic acids is 1. The van der Waals surface area contributed by atoms with Gasteiger partial charge in [-0.05, 0) is 30.9 Å². The molecule has 2 aliphatic rings. The highest BCUT2D eigenvalue weighted by molar-refractivity contribution is 5.86. The molecule has 1 saturated heterocycles. The summed E-state index contributed by atoms with van der Waals surface area (Å²) in [4.78, 5) is 14.9. The molecule has 22 heavy (non-hydrogen) atoms. The van der Waals surface area contributed by atoms with Gasteiger partial charge in [0.1, 0.15) is 0 Å². The van der Waals surface area contributed by atoms with Crippen molar-refractivity contribution >= 4 is 5.91 Å². The third kappa shape index (κ3) is 2.90. The minimum atomic E-state index is -0.636. The lowest BCUT2D eigenvalue weighted by Gasteiger charge is -2.35. The van der Waals surface area contributed by atoms with E-state index in [1.807, 2.05) is 11.0 Å². The van der Waals surface area contributed by atoms with Crippen molar-refractivity contribution in [2.75, 3.05) is 19.6 Å². The molecule has 4 N–H and O–H groups in total. The van der Waals surface area contributed by atoms with Gasteiger partial charge in [0.15, 0.2) is 0 Å². The lowest BCUT2D eigenvalue weighted by Crippen LogP contribution is -2.55. The second-order valence-electron chi connectivity index (χ2n) is 6.94. The van der Waals surface area contributed by atoms with E-state index in [0.717, 1.165) is 38.8 Å². The minimum Gasteiger partial charge on any atom is -0.340 e. The van der Waals surface area contributed by atoms with E-state index < -0.39 is 5.54 Å². The molecule has 1 heterocycles. The topological polar surface area (TPSA) is 72.3 Å². The molecule has 0 bridgehead atoms. The summed E-state index contributed by atoms with van der Waals surface area (Å²) in [7, 11) is 0. The maximum Gasteiger partial charge on any atom is 0.242 e. The van der Waals surface area contributed by atoms with Crippen molar-refractivity contribution in [3.8, 4) is 0 Å². The van der Waals surface area contributed by atoms with Crippen LogP contribution in [-0.4, -0.2) is 36.0 Å². The molecule has 3 rings (SSSR count). The number of rotatable bonds is 3. The van der Waals surface area contributed by atoms with Crippen molar-refractivity contribution in [3.63, 3.8) is 0 Å². The van der Waals surface area contributed by atoms with Crippen LogP contribution in [0.4, 0.5) is 0 Å². The molecule has 4 nitrogen and oxygen atoms in total. The Hall–Kier alpha value is -1.39. The van der Waals surface area contributed by atoms with E-state index in [1.165, 1.54) is 12.0 Å². The molecular formula is C18H27N3O. The van der Waals surface area contributed by atoms with E-state index in [4.69, 9.17) is 11.5 Å². The van der Waals surface area contributed by atoms with Gasteiger partial charge >= 0.3 is 0 Å². The summed E-state index contributed by atoms with van der Waals surface area (Å²) in [5.74, 6) is 0.810. The number of benzene rings is 1. The Kier molecular flexibility index (Phi) is 4.50. The normalized spacial score (nSPS) is 27.8. The molecule has 120 valence electrons. The molecule has 1 aliphatic carbocycles. The quantitative estimate of drug-likeness (QED) is 0.895. The molecule has 1 amide bonds. The Labute approximate surface area is 132 Å². The Morgan fingerprint density at radius 1 is 1.14 bits per heavy atom. The van der Waals surface area contributed by atoms with E-state index in [0.29, 0.717) is 18.4 Å². The predicted octanol–water partition coefficient (Wildman–Crippen LogP) is 1.85. The fourth-order valence-electron chi connectivity index (χ4n) is 4.07. The highest BCUT2D eigenvalue weighted by Crippen LogP contribution is 2.35. The average Bonchev–Trinajstić information content (AvgIpc) is 3.00. The average molecular weight is 301 g/mol. The largest absolute Gasteiger partial charge is 0.340 e. The molecule has 2 fully saturated rings. The van der Waals surface area contributed by atoms with Gasteiger partial charge in [-0.25, -0.2) is 0 Å². The van der Waals surface area contributed by atoms with E-state index in [9.17, 15) is 4.79 Å². The van der Waals surface area contributed by atoms with Crippen LogP contribution in [0, 0.1) is 5.92 Å². The van der Waals surface area contributed by atoms with Crippen molar-refractivity contribution < 1.29 is 4.79 Å². The van der Waals surface area contributed by atoms with Crippen LogP contribution in [0.1, 0.15) is 43.6 Å². The number of hydrogen-bond donors (Lipinski definition) is 2. The Bertz CT molecular complexity index is 510. The zero-order valence-electron chi connectivity index (χ0n) is 13.2. The van der Waals surface area contributed by atoms with Gasteiger partial charge in [0.25, 0.3) is 0 Å². The minimum absolute atomic E-state index is 0.143. The predicted molar refractivity (Wildman–Crippen MR) is 88.3 cm³/mol. The fraction of sp³-hybridized carbons (Fsp3) is 0.611. The van der Waals surface area contributed by atoms with Gasteiger partial charge in [0.2, 0.25) is 5.91 Å². The third-order valence-corrected chi connectivity index (χ3v) is 5.43. The SMILES string of the molecule is NC[C@@H]1CN(C(=O)C2(N)CCCCC2)C[C@H]1c1ccccc1. The monoisotopic (exact) mass is 301 g/mol. The number of amides is 1. The van der Waals surface area contributed by atoms with Gasteiger partial charge in [-0.3, -0.25) is 4.79 Å². The van der Waals surface area contributed by atoms with Gasteiger partial charge in [-0.15, -0.1) is 0 Å². The van der Waals surface area contributed by atoms with Crippen LogP contribution in [0.15, 0.2) is 30.3 Å². The van der Waals surface area contributed by atoms with Crippen LogP contribution in [0.3, 0.4) is 0 Å². The molecule has 2 atom stereocenters. The van der Waals surface area contributed by atoms with Crippen LogP contribution in [0.5, 0.6) is 0 Å². The van der Waals surface area contributed by atoms with Gasteiger partial charge in [-0.2, -0.15) is 0 Å². The lowest BCUT2D eigenvalue weighted by molar-refractivity contribution is -0.137. The van der Waals surface area contributed by atoms with Crippen LogP contribution >= 0.6 is 0 Å². The van der Waals surface area contributed by atoms with Crippen LogP contribution in [0.2, 0.25) is 0 Å². The van der Waals surface area contributed by atoms with Gasteiger partial charge < -0.3 is 16.4 Å². The number of likely N-dealkylation sites (tertiary alicyclic amines) is 1. The summed E-state index contributed by atoms with van der Waals surface area (Å²) in [6, 6.07) is 10.4.